The number of pyridine rings is 1. The molecule has 0 radical (unpaired) electrons. The van der Waals surface area contributed by atoms with E-state index in [1.807, 2.05) is 36.5 Å². The molecule has 5 nitrogen and oxygen atoms in total. The van der Waals surface area contributed by atoms with Crippen LogP contribution in [0.15, 0.2) is 36.5 Å². The first kappa shape index (κ1) is 13.7. The lowest BCUT2D eigenvalue weighted by Gasteiger charge is -2.19. The number of ether oxygens (including phenoxy) is 3. The monoisotopic (exact) mass is 286 g/mol. The number of nitrogens with zero attached hydrogens (tertiary/aromatic N) is 1. The Hall–Kier alpha value is -2.27. The molecule has 0 atom stereocenters. The number of hydrogen-bond acceptors (Lipinski definition) is 5. The van der Waals surface area contributed by atoms with Crippen LogP contribution in [0.5, 0.6) is 17.4 Å². The summed E-state index contributed by atoms with van der Waals surface area (Å²) >= 11 is 0. The summed E-state index contributed by atoms with van der Waals surface area (Å²) < 4.78 is 16.1. The fraction of sp³-hybridized carbons (Fsp3) is 0.312. The zero-order valence-corrected chi connectivity index (χ0v) is 12.0. The highest BCUT2D eigenvalue weighted by molar-refractivity contribution is 5.43. The lowest BCUT2D eigenvalue weighted by molar-refractivity contribution is 0.171. The average Bonchev–Trinajstić information content (AvgIpc) is 2.55. The van der Waals surface area contributed by atoms with Gasteiger partial charge in [0.2, 0.25) is 5.88 Å². The minimum absolute atomic E-state index is 0.612. The van der Waals surface area contributed by atoms with E-state index in [-0.39, 0.29) is 0 Å². The molecule has 1 aromatic heterocycles. The van der Waals surface area contributed by atoms with Crippen molar-refractivity contribution in [3.05, 3.63) is 47.7 Å². The highest BCUT2D eigenvalue weighted by atomic mass is 16.6. The lowest BCUT2D eigenvalue weighted by Crippen LogP contribution is -2.16. The van der Waals surface area contributed by atoms with E-state index in [4.69, 9.17) is 14.2 Å². The maximum atomic E-state index is 5.58. The minimum atomic E-state index is 0.612. The van der Waals surface area contributed by atoms with E-state index in [0.29, 0.717) is 19.1 Å². The highest BCUT2D eigenvalue weighted by Gasteiger charge is 2.11. The molecule has 0 saturated heterocycles. The molecule has 1 aliphatic rings. The predicted octanol–water partition coefficient (Wildman–Crippen LogP) is 2.15. The summed E-state index contributed by atoms with van der Waals surface area (Å²) in [6, 6.07) is 9.89. The van der Waals surface area contributed by atoms with Gasteiger partial charge >= 0.3 is 0 Å². The molecule has 0 spiro atoms. The number of nitrogens with one attached hydrogen (secondary N) is 1. The molecule has 0 bridgehead atoms. The van der Waals surface area contributed by atoms with Crippen LogP contribution >= 0.6 is 0 Å². The van der Waals surface area contributed by atoms with Crippen LogP contribution < -0.4 is 19.5 Å². The Morgan fingerprint density at radius 1 is 1.05 bits per heavy atom. The number of aromatic nitrogens is 1. The van der Waals surface area contributed by atoms with Gasteiger partial charge in [0.1, 0.15) is 13.2 Å². The Morgan fingerprint density at radius 2 is 1.81 bits per heavy atom. The van der Waals surface area contributed by atoms with E-state index in [2.05, 4.69) is 10.3 Å². The van der Waals surface area contributed by atoms with Crippen LogP contribution in [0.1, 0.15) is 11.1 Å². The Bertz CT molecular complexity index is 599. The maximum Gasteiger partial charge on any atom is 0.212 e. The third kappa shape index (κ3) is 3.44. The van der Waals surface area contributed by atoms with Crippen molar-refractivity contribution in [2.75, 3.05) is 20.3 Å². The summed E-state index contributed by atoms with van der Waals surface area (Å²) in [5, 5.41) is 3.39. The first-order valence-electron chi connectivity index (χ1n) is 6.93. The quantitative estimate of drug-likeness (QED) is 0.912. The SMILES string of the molecule is COc1ccc(CNCc2ccc3c(c2)OCCO3)cn1. The van der Waals surface area contributed by atoms with Crippen LogP contribution in [0.2, 0.25) is 0 Å². The zero-order chi connectivity index (χ0) is 14.5. The Labute approximate surface area is 123 Å². The predicted molar refractivity (Wildman–Crippen MR) is 78.8 cm³/mol. The second-order valence-corrected chi connectivity index (χ2v) is 4.79. The molecule has 1 aromatic carbocycles. The lowest BCUT2D eigenvalue weighted by atomic mass is 10.2. The number of hydrogen-bond donors (Lipinski definition) is 1. The van der Waals surface area contributed by atoms with Gasteiger partial charge in [0, 0.05) is 25.4 Å². The number of fused-ring (bicyclic) bond motifs is 1. The van der Waals surface area contributed by atoms with E-state index >= 15 is 0 Å². The first-order chi connectivity index (χ1) is 10.3. The van der Waals surface area contributed by atoms with Crippen LogP contribution in [-0.2, 0) is 13.1 Å². The second kappa shape index (κ2) is 6.45. The maximum absolute atomic E-state index is 5.58. The molecule has 21 heavy (non-hydrogen) atoms. The van der Waals surface area contributed by atoms with Gasteiger partial charge in [-0.25, -0.2) is 4.98 Å². The molecule has 0 fully saturated rings. The number of methoxy groups -OCH3 is 1. The van der Waals surface area contributed by atoms with E-state index in [9.17, 15) is 0 Å². The van der Waals surface area contributed by atoms with E-state index < -0.39 is 0 Å². The molecule has 0 aliphatic carbocycles. The van der Waals surface area contributed by atoms with Crippen LogP contribution in [0.25, 0.3) is 0 Å². The van der Waals surface area contributed by atoms with Gasteiger partial charge < -0.3 is 19.5 Å². The van der Waals surface area contributed by atoms with Gasteiger partial charge in [-0.3, -0.25) is 0 Å². The average molecular weight is 286 g/mol. The smallest absolute Gasteiger partial charge is 0.212 e. The Morgan fingerprint density at radius 3 is 2.57 bits per heavy atom. The van der Waals surface area contributed by atoms with Crippen molar-refractivity contribution in [3.63, 3.8) is 0 Å². The van der Waals surface area contributed by atoms with Crippen molar-refractivity contribution >= 4 is 0 Å². The summed E-state index contributed by atoms with van der Waals surface area (Å²) in [5.74, 6) is 2.28. The van der Waals surface area contributed by atoms with Gasteiger partial charge in [-0.15, -0.1) is 0 Å². The molecule has 2 aromatic rings. The normalized spacial score (nSPS) is 13.0. The third-order valence-electron chi connectivity index (χ3n) is 3.27. The van der Waals surface area contributed by atoms with Crippen molar-refractivity contribution in [2.45, 2.75) is 13.1 Å². The van der Waals surface area contributed by atoms with Crippen molar-refractivity contribution < 1.29 is 14.2 Å². The molecule has 0 amide bonds. The molecule has 3 rings (SSSR count). The van der Waals surface area contributed by atoms with E-state index in [0.717, 1.165) is 30.2 Å². The molecule has 1 N–H and O–H groups in total. The Kier molecular flexibility index (Phi) is 4.21. The molecule has 2 heterocycles. The molecule has 1 aliphatic heterocycles. The molecular formula is C16H18N2O3. The Balaban J connectivity index is 1.55. The van der Waals surface area contributed by atoms with Crippen LogP contribution in [0, 0.1) is 0 Å². The number of rotatable bonds is 5. The zero-order valence-electron chi connectivity index (χ0n) is 12.0. The third-order valence-corrected chi connectivity index (χ3v) is 3.27. The van der Waals surface area contributed by atoms with Crippen molar-refractivity contribution in [2.24, 2.45) is 0 Å². The molecule has 0 unspecified atom stereocenters. The minimum Gasteiger partial charge on any atom is -0.486 e. The van der Waals surface area contributed by atoms with Crippen LogP contribution in [0.4, 0.5) is 0 Å². The van der Waals surface area contributed by atoms with Gasteiger partial charge in [0.15, 0.2) is 11.5 Å². The first-order valence-corrected chi connectivity index (χ1v) is 6.93. The fourth-order valence-corrected chi connectivity index (χ4v) is 2.19. The standard InChI is InChI=1S/C16H18N2O3/c1-19-16-5-3-13(11-18-16)10-17-9-12-2-4-14-15(8-12)21-7-6-20-14/h2-5,8,11,17H,6-7,9-10H2,1H3. The van der Waals surface area contributed by atoms with Crippen molar-refractivity contribution in [1.29, 1.82) is 0 Å². The highest BCUT2D eigenvalue weighted by Crippen LogP contribution is 2.30. The molecule has 5 heteroatoms. The molecule has 110 valence electrons. The second-order valence-electron chi connectivity index (χ2n) is 4.79. The van der Waals surface area contributed by atoms with Gasteiger partial charge in [-0.2, -0.15) is 0 Å². The topological polar surface area (TPSA) is 52.6 Å². The van der Waals surface area contributed by atoms with Crippen molar-refractivity contribution in [3.8, 4) is 17.4 Å². The van der Waals surface area contributed by atoms with Gasteiger partial charge in [-0.05, 0) is 23.3 Å². The summed E-state index contributed by atoms with van der Waals surface area (Å²) in [7, 11) is 1.61. The van der Waals surface area contributed by atoms with E-state index in [1.165, 1.54) is 5.56 Å². The van der Waals surface area contributed by atoms with Gasteiger partial charge in [0.05, 0.1) is 7.11 Å². The number of benzene rings is 1. The van der Waals surface area contributed by atoms with E-state index in [1.54, 1.807) is 7.11 Å². The fourth-order valence-electron chi connectivity index (χ4n) is 2.19. The van der Waals surface area contributed by atoms with Crippen LogP contribution in [-0.4, -0.2) is 25.3 Å². The summed E-state index contributed by atoms with van der Waals surface area (Å²) in [5.41, 5.74) is 2.29. The molecule has 0 saturated carbocycles. The summed E-state index contributed by atoms with van der Waals surface area (Å²) in [6.45, 7) is 2.75. The summed E-state index contributed by atoms with van der Waals surface area (Å²) in [6.07, 6.45) is 1.82. The largest absolute Gasteiger partial charge is 0.486 e. The van der Waals surface area contributed by atoms with Crippen LogP contribution in [0.3, 0.4) is 0 Å². The van der Waals surface area contributed by atoms with Gasteiger partial charge in [0.25, 0.3) is 0 Å². The van der Waals surface area contributed by atoms with Crippen molar-refractivity contribution in [1.82, 2.24) is 10.3 Å². The molecular weight excluding hydrogens is 268 g/mol. The summed E-state index contributed by atoms with van der Waals surface area (Å²) in [4.78, 5) is 4.18. The van der Waals surface area contributed by atoms with Gasteiger partial charge in [-0.1, -0.05) is 12.1 Å².